The van der Waals surface area contributed by atoms with Gasteiger partial charge in [-0.15, -0.1) is 0 Å². The molecule has 2 aromatic rings. The van der Waals surface area contributed by atoms with Crippen molar-refractivity contribution in [2.75, 3.05) is 0 Å². The van der Waals surface area contributed by atoms with E-state index in [1.54, 1.807) is 18.2 Å². The average molecular weight is 311 g/mol. The van der Waals surface area contributed by atoms with Crippen molar-refractivity contribution in [1.29, 1.82) is 0 Å². The Morgan fingerprint density at radius 3 is 2.35 bits per heavy atom. The molecule has 0 aliphatic carbocycles. The highest BCUT2D eigenvalue weighted by atomic mass is 35.5. The molecule has 0 aliphatic heterocycles. The first-order chi connectivity index (χ1) is 9.49. The predicted molar refractivity (Wildman–Crippen MR) is 82.7 cm³/mol. The van der Waals surface area contributed by atoms with Crippen LogP contribution in [-0.4, -0.2) is 11.2 Å². The standard InChI is InChI=1S/C16H16Cl2O2/c1-10(2)20-15-6-4-3-5-12(15)16(19)11-7-8-13(17)14(18)9-11/h3-10,16,19H,1-2H3. The highest BCUT2D eigenvalue weighted by Gasteiger charge is 2.16. The van der Waals surface area contributed by atoms with Crippen LogP contribution in [0.5, 0.6) is 5.75 Å². The second kappa shape index (κ2) is 6.49. The van der Waals surface area contributed by atoms with Gasteiger partial charge in [0.2, 0.25) is 0 Å². The van der Waals surface area contributed by atoms with Gasteiger partial charge in [0, 0.05) is 5.56 Å². The lowest BCUT2D eigenvalue weighted by Gasteiger charge is -2.18. The van der Waals surface area contributed by atoms with Gasteiger partial charge >= 0.3 is 0 Å². The topological polar surface area (TPSA) is 29.5 Å². The fraction of sp³-hybridized carbons (Fsp3) is 0.250. The summed E-state index contributed by atoms with van der Waals surface area (Å²) < 4.78 is 5.72. The molecule has 0 spiro atoms. The first-order valence-corrected chi connectivity index (χ1v) is 7.13. The third-order valence-corrected chi connectivity index (χ3v) is 3.57. The van der Waals surface area contributed by atoms with E-state index in [9.17, 15) is 5.11 Å². The van der Waals surface area contributed by atoms with Crippen LogP contribution in [0.3, 0.4) is 0 Å². The van der Waals surface area contributed by atoms with Crippen LogP contribution in [0, 0.1) is 0 Å². The van der Waals surface area contributed by atoms with E-state index in [2.05, 4.69) is 0 Å². The summed E-state index contributed by atoms with van der Waals surface area (Å²) in [6.45, 7) is 3.89. The first-order valence-electron chi connectivity index (χ1n) is 6.37. The summed E-state index contributed by atoms with van der Waals surface area (Å²) in [6.07, 6.45) is -0.767. The van der Waals surface area contributed by atoms with Crippen LogP contribution in [-0.2, 0) is 0 Å². The van der Waals surface area contributed by atoms with E-state index in [4.69, 9.17) is 27.9 Å². The van der Waals surface area contributed by atoms with Gasteiger partial charge in [0.05, 0.1) is 16.1 Å². The van der Waals surface area contributed by atoms with Crippen molar-refractivity contribution in [2.45, 2.75) is 26.1 Å². The summed E-state index contributed by atoms with van der Waals surface area (Å²) >= 11 is 11.9. The number of hydrogen-bond donors (Lipinski definition) is 1. The second-order valence-corrected chi connectivity index (χ2v) is 5.59. The smallest absolute Gasteiger partial charge is 0.125 e. The summed E-state index contributed by atoms with van der Waals surface area (Å²) in [4.78, 5) is 0. The molecule has 1 atom stereocenters. The van der Waals surface area contributed by atoms with Gasteiger partial charge in [-0.3, -0.25) is 0 Å². The third kappa shape index (κ3) is 3.45. The number of rotatable bonds is 4. The molecule has 0 heterocycles. The van der Waals surface area contributed by atoms with Gasteiger partial charge in [-0.05, 0) is 37.6 Å². The zero-order chi connectivity index (χ0) is 14.7. The number of benzene rings is 2. The molecule has 2 nitrogen and oxygen atoms in total. The maximum absolute atomic E-state index is 10.5. The Labute approximate surface area is 128 Å². The molecule has 1 unspecified atom stereocenters. The Bertz CT molecular complexity index is 597. The summed E-state index contributed by atoms with van der Waals surface area (Å²) in [7, 11) is 0. The fourth-order valence-corrected chi connectivity index (χ4v) is 2.24. The Morgan fingerprint density at radius 1 is 1.00 bits per heavy atom. The largest absolute Gasteiger partial charge is 0.491 e. The molecule has 2 aromatic carbocycles. The van der Waals surface area contributed by atoms with Gasteiger partial charge in [-0.1, -0.05) is 47.5 Å². The van der Waals surface area contributed by atoms with Gasteiger partial charge in [0.15, 0.2) is 0 Å². The number of aliphatic hydroxyl groups is 1. The highest BCUT2D eigenvalue weighted by Crippen LogP contribution is 2.33. The van der Waals surface area contributed by atoms with Crippen LogP contribution in [0.2, 0.25) is 10.0 Å². The summed E-state index contributed by atoms with van der Waals surface area (Å²) in [5, 5.41) is 11.4. The Hall–Kier alpha value is -1.22. The lowest BCUT2D eigenvalue weighted by Crippen LogP contribution is -2.09. The third-order valence-electron chi connectivity index (χ3n) is 2.84. The molecule has 0 saturated carbocycles. The number of aliphatic hydroxyl groups excluding tert-OH is 1. The van der Waals surface area contributed by atoms with Crippen LogP contribution in [0.4, 0.5) is 0 Å². The number of para-hydroxylation sites is 1. The lowest BCUT2D eigenvalue weighted by atomic mass is 10.0. The van der Waals surface area contributed by atoms with E-state index in [0.29, 0.717) is 26.9 Å². The molecule has 0 radical (unpaired) electrons. The van der Waals surface area contributed by atoms with Crippen molar-refractivity contribution >= 4 is 23.2 Å². The van der Waals surface area contributed by atoms with E-state index in [1.165, 1.54) is 0 Å². The molecule has 1 N–H and O–H groups in total. The highest BCUT2D eigenvalue weighted by molar-refractivity contribution is 6.42. The minimum absolute atomic E-state index is 0.0390. The first kappa shape index (κ1) is 15.2. The SMILES string of the molecule is CC(C)Oc1ccccc1C(O)c1ccc(Cl)c(Cl)c1. The molecule has 0 fully saturated rings. The maximum atomic E-state index is 10.5. The van der Waals surface area contributed by atoms with Crippen molar-refractivity contribution in [3.63, 3.8) is 0 Å². The van der Waals surface area contributed by atoms with Crippen molar-refractivity contribution in [3.8, 4) is 5.75 Å². The number of halogens is 2. The maximum Gasteiger partial charge on any atom is 0.125 e. The monoisotopic (exact) mass is 310 g/mol. The molecule has 4 heteroatoms. The van der Waals surface area contributed by atoms with Crippen molar-refractivity contribution in [1.82, 2.24) is 0 Å². The average Bonchev–Trinajstić information content (AvgIpc) is 2.41. The van der Waals surface area contributed by atoms with Crippen LogP contribution in [0.1, 0.15) is 31.1 Å². The minimum atomic E-state index is -0.806. The molecule has 0 saturated heterocycles. The van der Waals surface area contributed by atoms with E-state index < -0.39 is 6.10 Å². The van der Waals surface area contributed by atoms with E-state index in [-0.39, 0.29) is 6.10 Å². The zero-order valence-electron chi connectivity index (χ0n) is 11.3. The van der Waals surface area contributed by atoms with Gasteiger partial charge in [-0.25, -0.2) is 0 Å². The Balaban J connectivity index is 2.37. The molecular formula is C16H16Cl2O2. The van der Waals surface area contributed by atoms with Crippen molar-refractivity contribution in [2.24, 2.45) is 0 Å². The minimum Gasteiger partial charge on any atom is -0.491 e. The van der Waals surface area contributed by atoms with E-state index in [0.717, 1.165) is 0 Å². The summed E-state index contributed by atoms with van der Waals surface area (Å²) in [6, 6.07) is 12.5. The van der Waals surface area contributed by atoms with E-state index in [1.807, 2.05) is 38.1 Å². The predicted octanol–water partition coefficient (Wildman–Crippen LogP) is 4.86. The Morgan fingerprint density at radius 2 is 1.70 bits per heavy atom. The molecule has 106 valence electrons. The van der Waals surface area contributed by atoms with Gasteiger partial charge < -0.3 is 9.84 Å². The van der Waals surface area contributed by atoms with Gasteiger partial charge in [0.25, 0.3) is 0 Å². The molecule has 0 bridgehead atoms. The van der Waals surface area contributed by atoms with E-state index >= 15 is 0 Å². The molecule has 0 amide bonds. The summed E-state index contributed by atoms with van der Waals surface area (Å²) in [5.41, 5.74) is 1.39. The number of ether oxygens (including phenoxy) is 1. The molecule has 2 rings (SSSR count). The second-order valence-electron chi connectivity index (χ2n) is 4.78. The normalized spacial score (nSPS) is 12.5. The van der Waals surface area contributed by atoms with Crippen LogP contribution in [0.25, 0.3) is 0 Å². The van der Waals surface area contributed by atoms with Crippen LogP contribution in [0.15, 0.2) is 42.5 Å². The number of hydrogen-bond acceptors (Lipinski definition) is 2. The summed E-state index contributed by atoms with van der Waals surface area (Å²) in [5.74, 6) is 0.668. The lowest BCUT2D eigenvalue weighted by molar-refractivity contribution is 0.198. The molecule has 20 heavy (non-hydrogen) atoms. The molecule has 0 aromatic heterocycles. The Kier molecular flexibility index (Phi) is 4.92. The fourth-order valence-electron chi connectivity index (χ4n) is 1.93. The quantitative estimate of drug-likeness (QED) is 0.873. The van der Waals surface area contributed by atoms with Crippen molar-refractivity contribution < 1.29 is 9.84 Å². The van der Waals surface area contributed by atoms with Crippen LogP contribution < -0.4 is 4.74 Å². The van der Waals surface area contributed by atoms with Gasteiger partial charge in [0.1, 0.15) is 11.9 Å². The van der Waals surface area contributed by atoms with Gasteiger partial charge in [-0.2, -0.15) is 0 Å². The zero-order valence-corrected chi connectivity index (χ0v) is 12.8. The van der Waals surface area contributed by atoms with Crippen molar-refractivity contribution in [3.05, 3.63) is 63.6 Å². The molecule has 0 aliphatic rings. The van der Waals surface area contributed by atoms with Crippen LogP contribution >= 0.6 is 23.2 Å². The molecular weight excluding hydrogens is 295 g/mol.